The highest BCUT2D eigenvalue weighted by molar-refractivity contribution is 7.22. The summed E-state index contributed by atoms with van der Waals surface area (Å²) in [4.78, 5) is 31.0. The molecule has 0 saturated carbocycles. The Labute approximate surface area is 169 Å². The maximum absolute atomic E-state index is 12.7. The second kappa shape index (κ2) is 8.15. The van der Waals surface area contributed by atoms with Gasteiger partial charge in [-0.3, -0.25) is 9.59 Å². The number of benzene rings is 1. The van der Waals surface area contributed by atoms with Crippen molar-refractivity contribution in [1.82, 2.24) is 9.88 Å². The van der Waals surface area contributed by atoms with Gasteiger partial charge < -0.3 is 20.7 Å². The van der Waals surface area contributed by atoms with E-state index in [4.69, 9.17) is 5.73 Å². The zero-order valence-electron chi connectivity index (χ0n) is 15.8. The van der Waals surface area contributed by atoms with Gasteiger partial charge in [0.25, 0.3) is 0 Å². The van der Waals surface area contributed by atoms with Crippen LogP contribution in [0, 0.1) is 5.92 Å². The van der Waals surface area contributed by atoms with Crippen LogP contribution in [0.5, 0.6) is 5.75 Å². The molecule has 0 aliphatic carbocycles. The van der Waals surface area contributed by atoms with Crippen molar-refractivity contribution in [2.24, 2.45) is 11.7 Å². The predicted molar refractivity (Wildman–Crippen MR) is 102 cm³/mol. The first-order valence-electron chi connectivity index (χ1n) is 9.08. The van der Waals surface area contributed by atoms with Gasteiger partial charge in [0.15, 0.2) is 5.13 Å². The molecule has 3 N–H and O–H groups in total. The first-order chi connectivity index (χ1) is 13.5. The molecule has 11 heteroatoms. The number of hydrogen-bond acceptors (Lipinski definition) is 6. The van der Waals surface area contributed by atoms with E-state index in [1.54, 1.807) is 0 Å². The molecule has 1 aliphatic rings. The quantitative estimate of drug-likeness (QED) is 0.760. The van der Waals surface area contributed by atoms with E-state index in [0.29, 0.717) is 29.6 Å². The SMILES string of the molecule is CC(C)[C@H](N)C(=O)N1CCC[C@@H]1C(=O)Nc1nc2ccc(OC(F)(F)F)cc2s1. The number of aromatic nitrogens is 1. The van der Waals surface area contributed by atoms with E-state index in [9.17, 15) is 22.8 Å². The van der Waals surface area contributed by atoms with Crippen molar-refractivity contribution in [2.75, 3.05) is 11.9 Å². The van der Waals surface area contributed by atoms with E-state index < -0.39 is 24.4 Å². The van der Waals surface area contributed by atoms with Crippen LogP contribution in [-0.4, -0.2) is 46.7 Å². The summed E-state index contributed by atoms with van der Waals surface area (Å²) in [7, 11) is 0. The largest absolute Gasteiger partial charge is 0.573 e. The molecule has 1 aromatic carbocycles. The van der Waals surface area contributed by atoms with Crippen LogP contribution in [0.25, 0.3) is 10.2 Å². The number of hydrogen-bond donors (Lipinski definition) is 2. The normalized spacial score (nSPS) is 18.3. The van der Waals surface area contributed by atoms with Gasteiger partial charge in [-0.15, -0.1) is 13.2 Å². The van der Waals surface area contributed by atoms with Gasteiger partial charge in [0.2, 0.25) is 11.8 Å². The van der Waals surface area contributed by atoms with Crippen molar-refractivity contribution in [3.63, 3.8) is 0 Å². The average molecular weight is 430 g/mol. The van der Waals surface area contributed by atoms with Gasteiger partial charge in [-0.05, 0) is 30.9 Å². The van der Waals surface area contributed by atoms with Gasteiger partial charge in [0, 0.05) is 12.6 Å². The van der Waals surface area contributed by atoms with Crippen molar-refractivity contribution in [3.05, 3.63) is 18.2 Å². The van der Waals surface area contributed by atoms with Crippen molar-refractivity contribution in [2.45, 2.75) is 45.1 Å². The molecule has 2 heterocycles. The number of carbonyl (C=O) groups excluding carboxylic acids is 2. The standard InChI is InChI=1S/C18H21F3N4O3S/c1-9(2)14(22)16(27)25-7-3-4-12(25)15(26)24-17-23-11-6-5-10(8-13(11)29-17)28-18(19,20)21/h5-6,8-9,12,14H,3-4,7,22H2,1-2H3,(H,23,24,26)/t12-,14+/m1/s1. The fourth-order valence-electron chi connectivity index (χ4n) is 3.12. The number of halogens is 3. The number of nitrogens with two attached hydrogens (primary N) is 1. The van der Waals surface area contributed by atoms with Gasteiger partial charge in [-0.25, -0.2) is 4.98 Å². The predicted octanol–water partition coefficient (Wildman–Crippen LogP) is 3.11. The second-order valence-electron chi connectivity index (χ2n) is 7.15. The zero-order valence-corrected chi connectivity index (χ0v) is 16.6. The number of likely N-dealkylation sites (tertiary alicyclic amines) is 1. The number of thiazole rings is 1. The molecule has 0 unspecified atom stereocenters. The van der Waals surface area contributed by atoms with E-state index in [0.717, 1.165) is 17.4 Å². The zero-order chi connectivity index (χ0) is 21.3. The Balaban J connectivity index is 1.72. The third kappa shape index (κ3) is 4.96. The van der Waals surface area contributed by atoms with E-state index in [2.05, 4.69) is 15.0 Å². The molecule has 2 aromatic rings. The maximum Gasteiger partial charge on any atom is 0.573 e. The molecular formula is C18H21F3N4O3S. The lowest BCUT2D eigenvalue weighted by molar-refractivity contribution is -0.274. The van der Waals surface area contributed by atoms with E-state index >= 15 is 0 Å². The van der Waals surface area contributed by atoms with E-state index in [-0.39, 0.29) is 22.7 Å². The average Bonchev–Trinajstić information content (AvgIpc) is 3.24. The highest BCUT2D eigenvalue weighted by Crippen LogP contribution is 2.32. The van der Waals surface area contributed by atoms with Gasteiger partial charge in [0.1, 0.15) is 11.8 Å². The summed E-state index contributed by atoms with van der Waals surface area (Å²) in [6.07, 6.45) is -3.59. The second-order valence-corrected chi connectivity index (χ2v) is 8.18. The van der Waals surface area contributed by atoms with Crippen LogP contribution in [-0.2, 0) is 9.59 Å². The molecule has 2 amide bonds. The summed E-state index contributed by atoms with van der Waals surface area (Å²) in [6.45, 7) is 4.13. The fourth-order valence-corrected chi connectivity index (χ4v) is 4.02. The van der Waals surface area contributed by atoms with Gasteiger partial charge >= 0.3 is 6.36 Å². The molecule has 1 fully saturated rings. The summed E-state index contributed by atoms with van der Waals surface area (Å²) in [6, 6.07) is 2.42. The van der Waals surface area contributed by atoms with E-state index in [1.807, 2.05) is 13.8 Å². The summed E-state index contributed by atoms with van der Waals surface area (Å²) < 4.78 is 41.4. The van der Waals surface area contributed by atoms with Crippen molar-refractivity contribution < 1.29 is 27.5 Å². The smallest absolute Gasteiger partial charge is 0.406 e. The number of anilines is 1. The first kappa shape index (κ1) is 21.3. The maximum atomic E-state index is 12.7. The summed E-state index contributed by atoms with van der Waals surface area (Å²) >= 11 is 1.03. The van der Waals surface area contributed by atoms with Crippen molar-refractivity contribution in [1.29, 1.82) is 0 Å². The molecule has 1 aromatic heterocycles. The lowest BCUT2D eigenvalue weighted by Crippen LogP contribution is -2.51. The van der Waals surface area contributed by atoms with Crippen molar-refractivity contribution in [3.8, 4) is 5.75 Å². The minimum Gasteiger partial charge on any atom is -0.406 e. The van der Waals surface area contributed by atoms with Crippen LogP contribution >= 0.6 is 11.3 Å². The molecule has 7 nitrogen and oxygen atoms in total. The van der Waals surface area contributed by atoms with E-state index in [1.165, 1.54) is 17.0 Å². The summed E-state index contributed by atoms with van der Waals surface area (Å²) in [5.74, 6) is -1.07. The number of fused-ring (bicyclic) bond motifs is 1. The topological polar surface area (TPSA) is 97.6 Å². The Bertz CT molecular complexity index is 915. The van der Waals surface area contributed by atoms with Crippen LogP contribution in [0.3, 0.4) is 0 Å². The molecule has 1 saturated heterocycles. The minimum absolute atomic E-state index is 0.0517. The Morgan fingerprint density at radius 1 is 1.38 bits per heavy atom. The van der Waals surface area contributed by atoms with Crippen molar-refractivity contribution >= 4 is 38.5 Å². The third-order valence-electron chi connectivity index (χ3n) is 4.67. The monoisotopic (exact) mass is 430 g/mol. The van der Waals surface area contributed by atoms with Crippen LogP contribution in [0.4, 0.5) is 18.3 Å². The molecule has 2 atom stereocenters. The van der Waals surface area contributed by atoms with Gasteiger partial charge in [-0.2, -0.15) is 0 Å². The molecule has 1 aliphatic heterocycles. The number of nitrogens with one attached hydrogen (secondary N) is 1. The third-order valence-corrected chi connectivity index (χ3v) is 5.60. The minimum atomic E-state index is -4.79. The lowest BCUT2D eigenvalue weighted by atomic mass is 10.0. The van der Waals surface area contributed by atoms with Crippen LogP contribution < -0.4 is 15.8 Å². The molecule has 0 spiro atoms. The number of nitrogens with zero attached hydrogens (tertiary/aromatic N) is 2. The summed E-state index contributed by atoms with van der Waals surface area (Å²) in [5.41, 5.74) is 6.37. The summed E-state index contributed by atoms with van der Waals surface area (Å²) in [5, 5.41) is 2.90. The first-order valence-corrected chi connectivity index (χ1v) is 9.90. The number of alkyl halides is 3. The molecule has 29 heavy (non-hydrogen) atoms. The van der Waals surface area contributed by atoms with Crippen LogP contribution in [0.1, 0.15) is 26.7 Å². The lowest BCUT2D eigenvalue weighted by Gasteiger charge is -2.27. The van der Waals surface area contributed by atoms with Crippen LogP contribution in [0.15, 0.2) is 18.2 Å². The number of ether oxygens (including phenoxy) is 1. The Hall–Kier alpha value is -2.40. The van der Waals surface area contributed by atoms with Crippen LogP contribution in [0.2, 0.25) is 0 Å². The Morgan fingerprint density at radius 2 is 2.10 bits per heavy atom. The number of rotatable bonds is 5. The Kier molecular flexibility index (Phi) is 5.99. The fraction of sp³-hybridized carbons (Fsp3) is 0.500. The molecule has 158 valence electrons. The highest BCUT2D eigenvalue weighted by Gasteiger charge is 2.37. The number of amides is 2. The Morgan fingerprint density at radius 3 is 2.76 bits per heavy atom. The number of carbonyl (C=O) groups is 2. The molecule has 3 rings (SSSR count). The van der Waals surface area contributed by atoms with Gasteiger partial charge in [0.05, 0.1) is 16.3 Å². The molecule has 0 radical (unpaired) electrons. The molecular weight excluding hydrogens is 409 g/mol. The highest BCUT2D eigenvalue weighted by atomic mass is 32.1. The molecule has 0 bridgehead atoms. The van der Waals surface area contributed by atoms with Gasteiger partial charge in [-0.1, -0.05) is 25.2 Å².